The fourth-order valence-electron chi connectivity index (χ4n) is 1.52. The normalized spacial score (nSPS) is 20.9. The number of aliphatic hydroxyl groups excluding tert-OH is 3. The molecule has 2 aliphatic rings. The summed E-state index contributed by atoms with van der Waals surface area (Å²) >= 11 is 0. The van der Waals surface area contributed by atoms with Gasteiger partial charge in [0.25, 0.3) is 0 Å². The lowest BCUT2D eigenvalue weighted by Gasteiger charge is -2.21. The lowest BCUT2D eigenvalue weighted by atomic mass is 10.2. The van der Waals surface area contributed by atoms with Crippen LogP contribution in [0.4, 0.5) is 0 Å². The van der Waals surface area contributed by atoms with Gasteiger partial charge in [-0.15, -0.1) is 0 Å². The van der Waals surface area contributed by atoms with E-state index < -0.39 is 0 Å². The molecule has 0 spiro atoms. The molecule has 6 nitrogen and oxygen atoms in total. The Kier molecular flexibility index (Phi) is 15.9. The highest BCUT2D eigenvalue weighted by atomic mass is 16.7. The summed E-state index contributed by atoms with van der Waals surface area (Å²) in [5, 5.41) is 23.7. The number of allylic oxidation sites excluding steroid dienone is 1. The summed E-state index contributed by atoms with van der Waals surface area (Å²) < 4.78 is 15.3. The van der Waals surface area contributed by atoms with Crippen molar-refractivity contribution in [1.29, 1.82) is 0 Å². The number of rotatable bonds is 4. The van der Waals surface area contributed by atoms with Crippen molar-refractivity contribution in [2.75, 3.05) is 39.6 Å². The Morgan fingerprint density at radius 1 is 1.00 bits per heavy atom. The van der Waals surface area contributed by atoms with Gasteiger partial charge in [0.2, 0.25) is 0 Å². The van der Waals surface area contributed by atoms with Crippen LogP contribution in [0.25, 0.3) is 0 Å². The molecule has 0 bridgehead atoms. The van der Waals surface area contributed by atoms with Crippen molar-refractivity contribution < 1.29 is 29.5 Å². The van der Waals surface area contributed by atoms with Crippen molar-refractivity contribution in [1.82, 2.24) is 0 Å². The van der Waals surface area contributed by atoms with E-state index in [9.17, 15) is 0 Å². The van der Waals surface area contributed by atoms with Crippen LogP contribution >= 0.6 is 0 Å². The Bertz CT molecular complexity index is 194. The number of aliphatic hydroxyl groups is 3. The third kappa shape index (κ3) is 13.8. The minimum atomic E-state index is -0.125. The SMILES string of the molecule is C1=COCCC1.OCCO.OCCOC1CCCCO1. The molecule has 0 aliphatic carbocycles. The molecular formula is C14H28O6. The minimum absolute atomic E-state index is 0.0547. The van der Waals surface area contributed by atoms with Gasteiger partial charge in [0.05, 0.1) is 39.3 Å². The molecule has 0 aromatic rings. The molecule has 120 valence electrons. The Labute approximate surface area is 121 Å². The Morgan fingerprint density at radius 2 is 1.80 bits per heavy atom. The van der Waals surface area contributed by atoms with Crippen LogP contribution in [0.2, 0.25) is 0 Å². The summed E-state index contributed by atoms with van der Waals surface area (Å²) in [5.74, 6) is 0. The molecule has 2 aliphatic heterocycles. The summed E-state index contributed by atoms with van der Waals surface area (Å²) in [6.07, 6.45) is 9.43. The molecule has 2 heterocycles. The molecule has 6 heteroatoms. The van der Waals surface area contributed by atoms with Gasteiger partial charge < -0.3 is 29.5 Å². The molecule has 1 unspecified atom stereocenters. The van der Waals surface area contributed by atoms with Crippen LogP contribution in [0.5, 0.6) is 0 Å². The molecule has 20 heavy (non-hydrogen) atoms. The Hall–Kier alpha value is -0.660. The van der Waals surface area contributed by atoms with Gasteiger partial charge in [-0.1, -0.05) is 0 Å². The zero-order valence-corrected chi connectivity index (χ0v) is 12.1. The van der Waals surface area contributed by atoms with Crippen molar-refractivity contribution in [3.05, 3.63) is 12.3 Å². The minimum Gasteiger partial charge on any atom is -0.502 e. The van der Waals surface area contributed by atoms with Crippen molar-refractivity contribution in [3.8, 4) is 0 Å². The van der Waals surface area contributed by atoms with Crippen LogP contribution in [-0.2, 0) is 14.2 Å². The van der Waals surface area contributed by atoms with Gasteiger partial charge in [-0.2, -0.15) is 0 Å². The molecule has 0 radical (unpaired) electrons. The first-order valence-electron chi connectivity index (χ1n) is 7.17. The largest absolute Gasteiger partial charge is 0.502 e. The molecule has 1 fully saturated rings. The third-order valence-electron chi connectivity index (χ3n) is 2.46. The fraction of sp³-hybridized carbons (Fsp3) is 0.857. The van der Waals surface area contributed by atoms with Crippen LogP contribution in [-0.4, -0.2) is 61.3 Å². The quantitative estimate of drug-likeness (QED) is 0.710. The van der Waals surface area contributed by atoms with Gasteiger partial charge in [0, 0.05) is 6.61 Å². The number of hydrogen-bond donors (Lipinski definition) is 3. The highest BCUT2D eigenvalue weighted by Crippen LogP contribution is 2.12. The van der Waals surface area contributed by atoms with Crippen LogP contribution in [0.3, 0.4) is 0 Å². The van der Waals surface area contributed by atoms with E-state index in [1.807, 2.05) is 6.08 Å². The van der Waals surface area contributed by atoms with Gasteiger partial charge in [-0.3, -0.25) is 0 Å². The summed E-state index contributed by atoms with van der Waals surface area (Å²) in [4.78, 5) is 0. The van der Waals surface area contributed by atoms with Crippen LogP contribution in [0, 0.1) is 0 Å². The maximum Gasteiger partial charge on any atom is 0.157 e. The van der Waals surface area contributed by atoms with Crippen molar-refractivity contribution in [2.45, 2.75) is 38.4 Å². The first kappa shape index (κ1) is 19.3. The average Bonchev–Trinajstić information content (AvgIpc) is 2.56. The monoisotopic (exact) mass is 292 g/mol. The second-order valence-electron chi connectivity index (χ2n) is 4.22. The average molecular weight is 292 g/mol. The number of ether oxygens (including phenoxy) is 3. The summed E-state index contributed by atoms with van der Waals surface area (Å²) in [6.45, 7) is 1.94. The van der Waals surface area contributed by atoms with Crippen molar-refractivity contribution >= 4 is 0 Å². The predicted molar refractivity (Wildman–Crippen MR) is 75.1 cm³/mol. The highest BCUT2D eigenvalue weighted by Gasteiger charge is 2.12. The van der Waals surface area contributed by atoms with E-state index >= 15 is 0 Å². The second-order valence-corrected chi connectivity index (χ2v) is 4.22. The molecule has 2 rings (SSSR count). The van der Waals surface area contributed by atoms with E-state index in [0.29, 0.717) is 6.61 Å². The molecule has 1 saturated heterocycles. The van der Waals surface area contributed by atoms with E-state index in [2.05, 4.69) is 0 Å². The zero-order chi connectivity index (χ0) is 14.9. The first-order valence-corrected chi connectivity index (χ1v) is 7.17. The highest BCUT2D eigenvalue weighted by molar-refractivity contribution is 4.76. The lowest BCUT2D eigenvalue weighted by molar-refractivity contribution is -0.166. The molecule has 0 aromatic heterocycles. The van der Waals surface area contributed by atoms with Gasteiger partial charge in [-0.05, 0) is 38.2 Å². The van der Waals surface area contributed by atoms with E-state index in [1.54, 1.807) is 6.26 Å². The number of hydrogen-bond acceptors (Lipinski definition) is 6. The first-order chi connectivity index (χ1) is 9.85. The van der Waals surface area contributed by atoms with Gasteiger partial charge in [0.15, 0.2) is 6.29 Å². The lowest BCUT2D eigenvalue weighted by Crippen LogP contribution is -2.23. The molecular weight excluding hydrogens is 264 g/mol. The molecule has 0 aromatic carbocycles. The molecule has 1 atom stereocenters. The third-order valence-corrected chi connectivity index (χ3v) is 2.46. The second kappa shape index (κ2) is 16.4. The van der Waals surface area contributed by atoms with Crippen molar-refractivity contribution in [2.24, 2.45) is 0 Å². The van der Waals surface area contributed by atoms with E-state index in [4.69, 9.17) is 29.5 Å². The fourth-order valence-corrected chi connectivity index (χ4v) is 1.52. The zero-order valence-electron chi connectivity index (χ0n) is 12.1. The standard InChI is InChI=1S/C7H14O3.C5H8O.C2H6O2/c8-4-6-10-7-3-1-2-5-9-7;1-2-4-6-5-3-1;3-1-2-4/h7-8H,1-6H2;2,4H,1,3,5H2;3-4H,1-2H2. The molecule has 3 N–H and O–H groups in total. The topological polar surface area (TPSA) is 88.4 Å². The van der Waals surface area contributed by atoms with Gasteiger partial charge >= 0.3 is 0 Å². The van der Waals surface area contributed by atoms with Crippen LogP contribution < -0.4 is 0 Å². The molecule has 0 saturated carbocycles. The van der Waals surface area contributed by atoms with Crippen molar-refractivity contribution in [3.63, 3.8) is 0 Å². The summed E-state index contributed by atoms with van der Waals surface area (Å²) in [7, 11) is 0. The Balaban J connectivity index is 0.000000307. The smallest absolute Gasteiger partial charge is 0.157 e. The van der Waals surface area contributed by atoms with Crippen LogP contribution in [0.15, 0.2) is 12.3 Å². The van der Waals surface area contributed by atoms with Gasteiger partial charge in [-0.25, -0.2) is 0 Å². The predicted octanol–water partition coefficient (Wildman–Crippen LogP) is 0.803. The Morgan fingerprint density at radius 3 is 2.15 bits per heavy atom. The maximum absolute atomic E-state index is 8.42. The maximum atomic E-state index is 8.42. The summed E-state index contributed by atoms with van der Waals surface area (Å²) in [5.41, 5.74) is 0. The van der Waals surface area contributed by atoms with E-state index in [0.717, 1.165) is 26.1 Å². The van der Waals surface area contributed by atoms with Crippen LogP contribution in [0.1, 0.15) is 32.1 Å². The van der Waals surface area contributed by atoms with Gasteiger partial charge in [0.1, 0.15) is 0 Å². The van der Waals surface area contributed by atoms with E-state index in [-0.39, 0.29) is 26.1 Å². The summed E-state index contributed by atoms with van der Waals surface area (Å²) in [6, 6.07) is 0. The van der Waals surface area contributed by atoms with E-state index in [1.165, 1.54) is 19.3 Å². The molecule has 0 amide bonds.